The number of ether oxygens (including phenoxy) is 1. The summed E-state index contributed by atoms with van der Waals surface area (Å²) in [7, 11) is 1.31. The number of carbonyl (C=O) groups is 1. The van der Waals surface area contributed by atoms with E-state index in [0.29, 0.717) is 0 Å². The molecule has 1 aromatic heterocycles. The lowest BCUT2D eigenvalue weighted by atomic mass is 10.3. The molecule has 0 radical (unpaired) electrons. The van der Waals surface area contributed by atoms with Crippen LogP contribution in [0, 0.1) is 0 Å². The normalized spacial score (nSPS) is 12.1. The second kappa shape index (κ2) is 3.95. The van der Waals surface area contributed by atoms with Gasteiger partial charge in [-0.25, -0.2) is 4.79 Å². The molecule has 0 saturated heterocycles. The van der Waals surface area contributed by atoms with Crippen LogP contribution >= 0.6 is 0 Å². The fourth-order valence-corrected chi connectivity index (χ4v) is 1.05. The Bertz CT molecular complexity index is 397. The number of nitrogens with zero attached hydrogens (tertiary/aromatic N) is 1. The summed E-state index contributed by atoms with van der Waals surface area (Å²) in [5.41, 5.74) is 5.28. The molecule has 1 aromatic rings. The van der Waals surface area contributed by atoms with Gasteiger partial charge in [0, 0.05) is 18.5 Å². The van der Waals surface area contributed by atoms with Gasteiger partial charge < -0.3 is 15.0 Å². The number of anilines is 1. The van der Waals surface area contributed by atoms with Gasteiger partial charge in [-0.2, -0.15) is 0 Å². The number of pyridine rings is 1. The van der Waals surface area contributed by atoms with Crippen molar-refractivity contribution in [3.63, 3.8) is 0 Å². The maximum absolute atomic E-state index is 11.1. The van der Waals surface area contributed by atoms with E-state index in [2.05, 4.69) is 4.74 Å². The average Bonchev–Trinajstić information content (AvgIpc) is 2.20. The number of aromatic nitrogens is 1. The molecule has 0 amide bonds. The first kappa shape index (κ1) is 10.3. The summed E-state index contributed by atoms with van der Waals surface area (Å²) < 4.78 is 6.09. The van der Waals surface area contributed by atoms with E-state index in [9.17, 15) is 9.59 Å². The number of methoxy groups -OCH3 is 1. The van der Waals surface area contributed by atoms with Crippen LogP contribution in [0.5, 0.6) is 0 Å². The minimum absolute atomic E-state index is 0.114. The van der Waals surface area contributed by atoms with Crippen LogP contribution in [0.4, 0.5) is 5.69 Å². The lowest BCUT2D eigenvalue weighted by Crippen LogP contribution is -2.20. The molecule has 0 aromatic carbocycles. The van der Waals surface area contributed by atoms with Crippen molar-refractivity contribution in [2.45, 2.75) is 13.0 Å². The largest absolute Gasteiger partial charge is 0.467 e. The molecule has 1 heterocycles. The Balaban J connectivity index is 3.02. The Hall–Kier alpha value is -1.78. The Labute approximate surface area is 81.1 Å². The van der Waals surface area contributed by atoms with E-state index < -0.39 is 6.04 Å². The second-order valence-electron chi connectivity index (χ2n) is 2.91. The molecule has 0 bridgehead atoms. The number of nitrogen functional groups attached to an aromatic ring is 1. The Morgan fingerprint density at radius 1 is 1.64 bits per heavy atom. The van der Waals surface area contributed by atoms with Gasteiger partial charge in [-0.05, 0) is 6.92 Å². The zero-order valence-corrected chi connectivity index (χ0v) is 8.06. The van der Waals surface area contributed by atoms with Gasteiger partial charge in [0.05, 0.1) is 12.8 Å². The van der Waals surface area contributed by atoms with Crippen molar-refractivity contribution in [2.24, 2.45) is 0 Å². The number of carbonyl (C=O) groups excluding carboxylic acids is 1. The third kappa shape index (κ3) is 1.93. The number of hydrogen-bond donors (Lipinski definition) is 1. The zero-order chi connectivity index (χ0) is 10.7. The van der Waals surface area contributed by atoms with Gasteiger partial charge in [0.1, 0.15) is 6.04 Å². The standard InChI is InChI=1S/C9H12N2O3/c1-6(9(13)14-2)11-4-3-8(12)7(10)5-11/h3-6H,10H2,1-2H3. The molecule has 76 valence electrons. The highest BCUT2D eigenvalue weighted by atomic mass is 16.5. The van der Waals surface area contributed by atoms with Crippen LogP contribution in [0.25, 0.3) is 0 Å². The van der Waals surface area contributed by atoms with Crippen molar-refractivity contribution in [2.75, 3.05) is 12.8 Å². The summed E-state index contributed by atoms with van der Waals surface area (Å²) in [6.07, 6.45) is 2.92. The van der Waals surface area contributed by atoms with Crippen molar-refractivity contribution < 1.29 is 9.53 Å². The summed E-state index contributed by atoms with van der Waals surface area (Å²) in [6.45, 7) is 1.66. The molecule has 2 N–H and O–H groups in total. The van der Waals surface area contributed by atoms with Crippen molar-refractivity contribution >= 4 is 11.7 Å². The number of rotatable bonds is 2. The molecule has 0 aliphatic carbocycles. The summed E-state index contributed by atoms with van der Waals surface area (Å²) >= 11 is 0. The molecule has 0 fully saturated rings. The maximum Gasteiger partial charge on any atom is 0.328 e. The van der Waals surface area contributed by atoms with E-state index in [0.717, 1.165) is 0 Å². The van der Waals surface area contributed by atoms with Gasteiger partial charge >= 0.3 is 5.97 Å². The van der Waals surface area contributed by atoms with Crippen LogP contribution in [-0.2, 0) is 9.53 Å². The first-order valence-electron chi connectivity index (χ1n) is 4.11. The molecule has 5 nitrogen and oxygen atoms in total. The molecule has 0 spiro atoms. The molecule has 14 heavy (non-hydrogen) atoms. The van der Waals surface area contributed by atoms with Gasteiger partial charge in [-0.1, -0.05) is 0 Å². The predicted octanol–water partition coefficient (Wildman–Crippen LogP) is 0.164. The smallest absolute Gasteiger partial charge is 0.328 e. The van der Waals surface area contributed by atoms with E-state index in [1.54, 1.807) is 6.92 Å². The topological polar surface area (TPSA) is 74.3 Å². The van der Waals surface area contributed by atoms with Crippen LogP contribution in [0.3, 0.4) is 0 Å². The van der Waals surface area contributed by atoms with E-state index in [4.69, 9.17) is 5.73 Å². The van der Waals surface area contributed by atoms with Crippen LogP contribution in [0.2, 0.25) is 0 Å². The number of hydrogen-bond acceptors (Lipinski definition) is 4. The predicted molar refractivity (Wildman–Crippen MR) is 51.8 cm³/mol. The van der Waals surface area contributed by atoms with Crippen molar-refractivity contribution in [3.8, 4) is 0 Å². The summed E-state index contributed by atoms with van der Waals surface area (Å²) in [6, 6.07) is 0.831. The maximum atomic E-state index is 11.1. The van der Waals surface area contributed by atoms with E-state index in [1.807, 2.05) is 0 Å². The highest BCUT2D eigenvalue weighted by Gasteiger charge is 2.13. The van der Waals surface area contributed by atoms with Crippen LogP contribution in [-0.4, -0.2) is 17.6 Å². The van der Waals surface area contributed by atoms with Gasteiger partial charge in [0.15, 0.2) is 0 Å². The molecule has 0 aliphatic rings. The quantitative estimate of drug-likeness (QED) is 0.684. The van der Waals surface area contributed by atoms with E-state index in [-0.39, 0.29) is 17.1 Å². The van der Waals surface area contributed by atoms with E-state index >= 15 is 0 Å². The fourth-order valence-electron chi connectivity index (χ4n) is 1.05. The average molecular weight is 196 g/mol. The minimum Gasteiger partial charge on any atom is -0.467 e. The molecule has 5 heteroatoms. The highest BCUT2D eigenvalue weighted by Crippen LogP contribution is 2.07. The van der Waals surface area contributed by atoms with Crippen molar-refractivity contribution in [3.05, 3.63) is 28.7 Å². The van der Waals surface area contributed by atoms with Crippen LogP contribution in [0.15, 0.2) is 23.3 Å². The zero-order valence-electron chi connectivity index (χ0n) is 8.06. The lowest BCUT2D eigenvalue weighted by molar-refractivity contribution is -0.144. The van der Waals surface area contributed by atoms with Crippen LogP contribution in [0.1, 0.15) is 13.0 Å². The number of esters is 1. The van der Waals surface area contributed by atoms with Crippen LogP contribution < -0.4 is 11.2 Å². The minimum atomic E-state index is -0.483. The third-order valence-electron chi connectivity index (χ3n) is 1.96. The second-order valence-corrected chi connectivity index (χ2v) is 2.91. The van der Waals surface area contributed by atoms with Gasteiger partial charge in [0.2, 0.25) is 5.43 Å². The van der Waals surface area contributed by atoms with Crippen molar-refractivity contribution in [1.29, 1.82) is 0 Å². The highest BCUT2D eigenvalue weighted by molar-refractivity contribution is 5.73. The van der Waals surface area contributed by atoms with Gasteiger partial charge in [0.25, 0.3) is 0 Å². The molecule has 0 saturated carbocycles. The number of nitrogens with two attached hydrogens (primary N) is 1. The SMILES string of the molecule is COC(=O)C(C)n1ccc(=O)c(N)c1. The van der Waals surface area contributed by atoms with Crippen molar-refractivity contribution in [1.82, 2.24) is 4.57 Å². The molecular weight excluding hydrogens is 184 g/mol. The Kier molecular flexibility index (Phi) is 2.91. The first-order valence-corrected chi connectivity index (χ1v) is 4.11. The molecular formula is C9H12N2O3. The summed E-state index contributed by atoms with van der Waals surface area (Å²) in [5.74, 6) is -0.381. The Morgan fingerprint density at radius 3 is 2.79 bits per heavy atom. The summed E-state index contributed by atoms with van der Waals surface area (Å²) in [4.78, 5) is 22.1. The molecule has 0 aliphatic heterocycles. The first-order chi connectivity index (χ1) is 6.56. The lowest BCUT2D eigenvalue weighted by Gasteiger charge is -2.13. The molecule has 1 atom stereocenters. The monoisotopic (exact) mass is 196 g/mol. The third-order valence-corrected chi connectivity index (χ3v) is 1.96. The van der Waals surface area contributed by atoms with E-state index in [1.165, 1.54) is 30.1 Å². The fraction of sp³-hybridized carbons (Fsp3) is 0.333. The van der Waals surface area contributed by atoms with Gasteiger partial charge in [-0.3, -0.25) is 4.79 Å². The molecule has 1 rings (SSSR count). The Morgan fingerprint density at radius 2 is 2.29 bits per heavy atom. The summed E-state index contributed by atoms with van der Waals surface area (Å²) in [5, 5.41) is 0. The van der Waals surface area contributed by atoms with Gasteiger partial charge in [-0.15, -0.1) is 0 Å². The molecule has 1 unspecified atom stereocenters.